The second-order valence-corrected chi connectivity index (χ2v) is 5.24. The van der Waals surface area contributed by atoms with Gasteiger partial charge in [-0.1, -0.05) is 32.9 Å². The van der Waals surface area contributed by atoms with Gasteiger partial charge in [-0.25, -0.2) is 0 Å². The zero-order valence-corrected chi connectivity index (χ0v) is 11.4. The van der Waals surface area contributed by atoms with Crippen molar-refractivity contribution in [3.8, 4) is 0 Å². The Morgan fingerprint density at radius 2 is 2.17 bits per heavy atom. The summed E-state index contributed by atoms with van der Waals surface area (Å²) in [5.41, 5.74) is 7.43. The molecule has 0 fully saturated rings. The van der Waals surface area contributed by atoms with Crippen molar-refractivity contribution < 1.29 is 4.79 Å². The fourth-order valence-electron chi connectivity index (χ4n) is 1.34. The summed E-state index contributed by atoms with van der Waals surface area (Å²) < 4.78 is 0. The molecular formula is C15H22N2O. The van der Waals surface area contributed by atoms with Gasteiger partial charge in [0.05, 0.1) is 0 Å². The molecule has 0 spiro atoms. The first-order valence-electron chi connectivity index (χ1n) is 6.24. The molecule has 0 heterocycles. The molecule has 1 amide bonds. The number of nitrogens with one attached hydrogen (secondary N) is 1. The summed E-state index contributed by atoms with van der Waals surface area (Å²) in [5.74, 6) is -0.0704. The average molecular weight is 246 g/mol. The molecule has 1 aromatic rings. The van der Waals surface area contributed by atoms with E-state index in [-0.39, 0.29) is 11.3 Å². The number of amides is 1. The van der Waals surface area contributed by atoms with Gasteiger partial charge in [0.25, 0.3) is 0 Å². The summed E-state index contributed by atoms with van der Waals surface area (Å²) in [6.07, 6.45) is 4.34. The Morgan fingerprint density at radius 1 is 1.44 bits per heavy atom. The fraction of sp³-hybridized carbons (Fsp3) is 0.400. The van der Waals surface area contributed by atoms with Crippen LogP contribution in [0.1, 0.15) is 32.8 Å². The van der Waals surface area contributed by atoms with Crippen molar-refractivity contribution in [2.45, 2.75) is 27.2 Å². The SMILES string of the molecule is CCC(C)(C)CNC(=O)/C=C/c1cccc(N)c1. The molecular weight excluding hydrogens is 224 g/mol. The highest BCUT2D eigenvalue weighted by molar-refractivity contribution is 5.91. The number of rotatable bonds is 5. The monoisotopic (exact) mass is 246 g/mol. The lowest BCUT2D eigenvalue weighted by Gasteiger charge is -2.22. The van der Waals surface area contributed by atoms with E-state index in [9.17, 15) is 4.79 Å². The minimum atomic E-state index is -0.0704. The van der Waals surface area contributed by atoms with Gasteiger partial charge in [0.1, 0.15) is 0 Å². The van der Waals surface area contributed by atoms with E-state index in [2.05, 4.69) is 26.1 Å². The maximum atomic E-state index is 11.6. The number of anilines is 1. The minimum Gasteiger partial charge on any atom is -0.399 e. The minimum absolute atomic E-state index is 0.0704. The van der Waals surface area contributed by atoms with E-state index in [4.69, 9.17) is 5.73 Å². The molecule has 0 radical (unpaired) electrons. The van der Waals surface area contributed by atoms with Crippen LogP contribution in [0.15, 0.2) is 30.3 Å². The Labute approximate surface area is 109 Å². The normalized spacial score (nSPS) is 11.7. The summed E-state index contributed by atoms with van der Waals surface area (Å²) in [5, 5.41) is 2.90. The van der Waals surface area contributed by atoms with Gasteiger partial charge in [0.15, 0.2) is 0 Å². The van der Waals surface area contributed by atoms with Crippen LogP contribution in [0.3, 0.4) is 0 Å². The Bertz CT molecular complexity index is 436. The first-order valence-corrected chi connectivity index (χ1v) is 6.24. The third-order valence-electron chi connectivity index (χ3n) is 3.04. The lowest BCUT2D eigenvalue weighted by atomic mass is 9.90. The number of carbonyl (C=O) groups is 1. The predicted molar refractivity (Wildman–Crippen MR) is 77.0 cm³/mol. The van der Waals surface area contributed by atoms with Crippen LogP contribution in [0.25, 0.3) is 6.08 Å². The molecule has 1 aromatic carbocycles. The molecule has 1 rings (SSSR count). The summed E-state index contributed by atoms with van der Waals surface area (Å²) in [6.45, 7) is 7.07. The van der Waals surface area contributed by atoms with Gasteiger partial charge >= 0.3 is 0 Å². The Hall–Kier alpha value is -1.77. The summed E-state index contributed by atoms with van der Waals surface area (Å²) in [7, 11) is 0. The van der Waals surface area contributed by atoms with Crippen LogP contribution in [0.4, 0.5) is 5.69 Å². The van der Waals surface area contributed by atoms with Crippen molar-refractivity contribution in [3.63, 3.8) is 0 Å². The third kappa shape index (κ3) is 5.04. The number of nitrogens with two attached hydrogens (primary N) is 1. The van der Waals surface area contributed by atoms with Crippen molar-refractivity contribution in [2.75, 3.05) is 12.3 Å². The Morgan fingerprint density at radius 3 is 2.78 bits per heavy atom. The molecule has 98 valence electrons. The second-order valence-electron chi connectivity index (χ2n) is 5.24. The molecule has 3 nitrogen and oxygen atoms in total. The van der Waals surface area contributed by atoms with E-state index < -0.39 is 0 Å². The highest BCUT2D eigenvalue weighted by Crippen LogP contribution is 2.17. The first kappa shape index (κ1) is 14.3. The Balaban J connectivity index is 2.50. The number of hydrogen-bond donors (Lipinski definition) is 2. The van der Waals surface area contributed by atoms with Crippen LogP contribution in [-0.4, -0.2) is 12.5 Å². The van der Waals surface area contributed by atoms with Gasteiger partial charge in [-0.3, -0.25) is 4.79 Å². The fourth-order valence-corrected chi connectivity index (χ4v) is 1.34. The van der Waals surface area contributed by atoms with E-state index in [1.807, 2.05) is 24.3 Å². The van der Waals surface area contributed by atoms with Crippen molar-refractivity contribution in [1.82, 2.24) is 5.32 Å². The molecule has 0 bridgehead atoms. The number of hydrogen-bond acceptors (Lipinski definition) is 2. The van der Waals surface area contributed by atoms with Crippen molar-refractivity contribution in [1.29, 1.82) is 0 Å². The standard InChI is InChI=1S/C15H22N2O/c1-4-15(2,3)11-17-14(18)9-8-12-6-5-7-13(16)10-12/h5-10H,4,11,16H2,1-3H3,(H,17,18)/b9-8+. The maximum Gasteiger partial charge on any atom is 0.244 e. The van der Waals surface area contributed by atoms with Gasteiger partial charge in [-0.05, 0) is 35.6 Å². The largest absolute Gasteiger partial charge is 0.399 e. The van der Waals surface area contributed by atoms with Crippen LogP contribution in [0.2, 0.25) is 0 Å². The van der Waals surface area contributed by atoms with Gasteiger partial charge in [0, 0.05) is 18.3 Å². The van der Waals surface area contributed by atoms with Gasteiger partial charge in [-0.15, -0.1) is 0 Å². The van der Waals surface area contributed by atoms with Gasteiger partial charge < -0.3 is 11.1 Å². The predicted octanol–water partition coefficient (Wildman–Crippen LogP) is 2.83. The quantitative estimate of drug-likeness (QED) is 0.620. The highest BCUT2D eigenvalue weighted by Gasteiger charge is 2.14. The lowest BCUT2D eigenvalue weighted by Crippen LogP contribution is -2.32. The Kier molecular flexibility index (Phi) is 4.95. The number of nitrogen functional groups attached to an aromatic ring is 1. The molecule has 0 aliphatic rings. The van der Waals surface area contributed by atoms with Crippen LogP contribution < -0.4 is 11.1 Å². The van der Waals surface area contributed by atoms with Gasteiger partial charge in [0.2, 0.25) is 5.91 Å². The molecule has 3 N–H and O–H groups in total. The van der Waals surface area contributed by atoms with E-state index in [0.29, 0.717) is 12.2 Å². The molecule has 3 heteroatoms. The number of benzene rings is 1. The van der Waals surface area contributed by atoms with Crippen molar-refractivity contribution in [3.05, 3.63) is 35.9 Å². The molecule has 0 saturated carbocycles. The molecule has 0 saturated heterocycles. The molecule has 18 heavy (non-hydrogen) atoms. The summed E-state index contributed by atoms with van der Waals surface area (Å²) in [6, 6.07) is 7.43. The molecule has 0 aliphatic heterocycles. The third-order valence-corrected chi connectivity index (χ3v) is 3.04. The maximum absolute atomic E-state index is 11.6. The van der Waals surface area contributed by atoms with Crippen LogP contribution in [0, 0.1) is 5.41 Å². The average Bonchev–Trinajstić information content (AvgIpc) is 2.34. The van der Waals surface area contributed by atoms with E-state index >= 15 is 0 Å². The van der Waals surface area contributed by atoms with Crippen molar-refractivity contribution >= 4 is 17.7 Å². The van der Waals surface area contributed by atoms with Gasteiger partial charge in [-0.2, -0.15) is 0 Å². The number of carbonyl (C=O) groups excluding carboxylic acids is 1. The first-order chi connectivity index (χ1) is 8.43. The highest BCUT2D eigenvalue weighted by atomic mass is 16.1. The zero-order chi connectivity index (χ0) is 13.6. The van der Waals surface area contributed by atoms with E-state index in [0.717, 1.165) is 12.0 Å². The summed E-state index contributed by atoms with van der Waals surface area (Å²) in [4.78, 5) is 11.6. The second kappa shape index (κ2) is 6.24. The molecule has 0 atom stereocenters. The van der Waals surface area contributed by atoms with Crippen LogP contribution in [-0.2, 0) is 4.79 Å². The summed E-state index contributed by atoms with van der Waals surface area (Å²) >= 11 is 0. The molecule has 0 aliphatic carbocycles. The molecule has 0 aromatic heterocycles. The van der Waals surface area contributed by atoms with E-state index in [1.54, 1.807) is 12.2 Å². The zero-order valence-electron chi connectivity index (χ0n) is 11.4. The lowest BCUT2D eigenvalue weighted by molar-refractivity contribution is -0.116. The topological polar surface area (TPSA) is 55.1 Å². The smallest absolute Gasteiger partial charge is 0.244 e. The van der Waals surface area contributed by atoms with Crippen molar-refractivity contribution in [2.24, 2.45) is 5.41 Å². The van der Waals surface area contributed by atoms with Crippen LogP contribution in [0.5, 0.6) is 0 Å². The van der Waals surface area contributed by atoms with E-state index in [1.165, 1.54) is 0 Å². The van der Waals surface area contributed by atoms with Crippen LogP contribution >= 0.6 is 0 Å². The molecule has 0 unspecified atom stereocenters.